The summed E-state index contributed by atoms with van der Waals surface area (Å²) in [5.41, 5.74) is -0.0656. The third-order valence-corrected chi connectivity index (χ3v) is 2.95. The number of ether oxygens (including phenoxy) is 1. The van der Waals surface area contributed by atoms with Crippen molar-refractivity contribution in [2.45, 2.75) is 32.2 Å². The number of imidazole rings is 1. The first-order chi connectivity index (χ1) is 8.26. The third kappa shape index (κ3) is 1.63. The monoisotopic (exact) mass is 256 g/mol. The molecule has 0 saturated carbocycles. The highest BCUT2D eigenvalue weighted by Gasteiger charge is 2.35. The van der Waals surface area contributed by atoms with E-state index in [2.05, 4.69) is 4.98 Å². The maximum Gasteiger partial charge on any atom is 0.416 e. The summed E-state index contributed by atoms with van der Waals surface area (Å²) in [5.74, 6) is 0. The maximum atomic E-state index is 12.6. The van der Waals surface area contributed by atoms with Crippen molar-refractivity contribution in [1.82, 2.24) is 9.55 Å². The second-order valence-corrected chi connectivity index (χ2v) is 5.04. The zero-order valence-corrected chi connectivity index (χ0v) is 9.88. The molecule has 2 heterocycles. The number of aromatic nitrogens is 2. The summed E-state index contributed by atoms with van der Waals surface area (Å²) in [6.45, 7) is 4.42. The van der Waals surface area contributed by atoms with Crippen LogP contribution in [0.5, 0.6) is 6.01 Å². The summed E-state index contributed by atoms with van der Waals surface area (Å²) in [6.07, 6.45) is -4.34. The van der Waals surface area contributed by atoms with Gasteiger partial charge in [-0.25, -0.2) is 0 Å². The zero-order valence-electron chi connectivity index (χ0n) is 9.88. The number of benzene rings is 1. The molecule has 0 fully saturated rings. The van der Waals surface area contributed by atoms with E-state index < -0.39 is 11.7 Å². The summed E-state index contributed by atoms with van der Waals surface area (Å²) in [5, 5.41) is 0. The van der Waals surface area contributed by atoms with Gasteiger partial charge in [-0.15, -0.1) is 0 Å². The summed E-state index contributed by atoms with van der Waals surface area (Å²) in [4.78, 5) is 4.10. The van der Waals surface area contributed by atoms with Gasteiger partial charge in [-0.05, 0) is 32.0 Å². The Morgan fingerprint density at radius 1 is 1.33 bits per heavy atom. The Morgan fingerprint density at radius 2 is 2.06 bits per heavy atom. The van der Waals surface area contributed by atoms with E-state index in [0.29, 0.717) is 23.6 Å². The van der Waals surface area contributed by atoms with Crippen molar-refractivity contribution in [2.24, 2.45) is 0 Å². The Bertz CT molecular complexity index is 628. The van der Waals surface area contributed by atoms with Crippen LogP contribution in [0.2, 0.25) is 0 Å². The predicted molar refractivity (Wildman–Crippen MR) is 59.4 cm³/mol. The van der Waals surface area contributed by atoms with Crippen molar-refractivity contribution in [3.05, 3.63) is 23.8 Å². The molecule has 18 heavy (non-hydrogen) atoms. The van der Waals surface area contributed by atoms with E-state index in [1.54, 1.807) is 4.57 Å². The minimum Gasteiger partial charge on any atom is -0.457 e. The number of nitrogens with zero attached hydrogens (tertiary/aromatic N) is 2. The van der Waals surface area contributed by atoms with Gasteiger partial charge in [0, 0.05) is 0 Å². The summed E-state index contributed by atoms with van der Waals surface area (Å²) in [7, 11) is 0. The molecule has 3 nitrogen and oxygen atoms in total. The fourth-order valence-corrected chi connectivity index (χ4v) is 2.17. The Kier molecular flexibility index (Phi) is 2.01. The van der Waals surface area contributed by atoms with E-state index in [4.69, 9.17) is 4.74 Å². The highest BCUT2D eigenvalue weighted by atomic mass is 19.4. The van der Waals surface area contributed by atoms with Gasteiger partial charge in [0.1, 0.15) is 5.60 Å². The first-order valence-electron chi connectivity index (χ1n) is 5.53. The van der Waals surface area contributed by atoms with Gasteiger partial charge in [0.25, 0.3) is 6.01 Å². The fraction of sp³-hybridized carbons (Fsp3) is 0.417. The molecule has 0 spiro atoms. The molecule has 0 bridgehead atoms. The second-order valence-electron chi connectivity index (χ2n) is 5.04. The first-order valence-corrected chi connectivity index (χ1v) is 5.53. The number of hydrogen-bond acceptors (Lipinski definition) is 2. The zero-order chi connectivity index (χ0) is 13.1. The molecule has 1 aliphatic rings. The smallest absolute Gasteiger partial charge is 0.416 e. The Balaban J connectivity index is 2.13. The van der Waals surface area contributed by atoms with Crippen LogP contribution in [0, 0.1) is 0 Å². The molecule has 0 atom stereocenters. The largest absolute Gasteiger partial charge is 0.457 e. The van der Waals surface area contributed by atoms with Gasteiger partial charge in [-0.3, -0.25) is 4.57 Å². The van der Waals surface area contributed by atoms with Crippen LogP contribution in [-0.4, -0.2) is 15.2 Å². The normalized spacial score (nSPS) is 17.8. The molecule has 6 heteroatoms. The topological polar surface area (TPSA) is 27.1 Å². The number of alkyl halides is 3. The molecule has 0 N–H and O–H groups in total. The standard InChI is InChI=1S/C12H11F3N2O/c1-11(2)6-17-9-4-3-7(12(13,14)15)5-8(9)16-10(17)18-11/h3-5H,6H2,1-2H3. The quantitative estimate of drug-likeness (QED) is 0.723. The molecule has 0 unspecified atom stereocenters. The van der Waals surface area contributed by atoms with E-state index in [1.165, 1.54) is 6.07 Å². The van der Waals surface area contributed by atoms with Crippen molar-refractivity contribution in [3.63, 3.8) is 0 Å². The van der Waals surface area contributed by atoms with Gasteiger partial charge >= 0.3 is 6.18 Å². The predicted octanol–water partition coefficient (Wildman–Crippen LogP) is 3.23. The molecule has 2 aromatic rings. The second kappa shape index (κ2) is 3.18. The van der Waals surface area contributed by atoms with Gasteiger partial charge in [-0.1, -0.05) is 0 Å². The molecule has 3 rings (SSSR count). The molecule has 1 aromatic carbocycles. The summed E-state index contributed by atoms with van der Waals surface area (Å²) in [6, 6.07) is 3.95. The van der Waals surface area contributed by atoms with Gasteiger partial charge in [0.2, 0.25) is 0 Å². The third-order valence-electron chi connectivity index (χ3n) is 2.95. The molecule has 0 aliphatic carbocycles. The van der Waals surface area contributed by atoms with Gasteiger partial charge in [0.15, 0.2) is 0 Å². The minimum absolute atomic E-state index is 0.315. The van der Waals surface area contributed by atoms with Crippen LogP contribution in [0.15, 0.2) is 18.2 Å². The van der Waals surface area contributed by atoms with Crippen LogP contribution < -0.4 is 4.74 Å². The van der Waals surface area contributed by atoms with Crippen molar-refractivity contribution in [1.29, 1.82) is 0 Å². The highest BCUT2D eigenvalue weighted by molar-refractivity contribution is 5.78. The molecule has 1 aliphatic heterocycles. The molecule has 96 valence electrons. The van der Waals surface area contributed by atoms with Crippen molar-refractivity contribution in [3.8, 4) is 6.01 Å². The summed E-state index contributed by atoms with van der Waals surface area (Å²) < 4.78 is 45.1. The lowest BCUT2D eigenvalue weighted by atomic mass is 10.1. The Morgan fingerprint density at radius 3 is 2.72 bits per heavy atom. The molecular formula is C12H11F3N2O. The van der Waals surface area contributed by atoms with Crippen LogP contribution in [0.1, 0.15) is 19.4 Å². The lowest BCUT2D eigenvalue weighted by molar-refractivity contribution is -0.137. The maximum absolute atomic E-state index is 12.6. The van der Waals surface area contributed by atoms with Crippen LogP contribution in [-0.2, 0) is 12.7 Å². The van der Waals surface area contributed by atoms with Crippen LogP contribution in [0.3, 0.4) is 0 Å². The van der Waals surface area contributed by atoms with Crippen LogP contribution in [0.4, 0.5) is 13.2 Å². The van der Waals surface area contributed by atoms with Crippen LogP contribution >= 0.6 is 0 Å². The van der Waals surface area contributed by atoms with Gasteiger partial charge in [0.05, 0.1) is 23.1 Å². The van der Waals surface area contributed by atoms with E-state index in [9.17, 15) is 13.2 Å². The minimum atomic E-state index is -4.34. The lowest BCUT2D eigenvalue weighted by Gasteiger charge is -2.15. The van der Waals surface area contributed by atoms with Crippen molar-refractivity contribution < 1.29 is 17.9 Å². The number of hydrogen-bond donors (Lipinski definition) is 0. The van der Waals surface area contributed by atoms with Crippen molar-refractivity contribution in [2.75, 3.05) is 0 Å². The first kappa shape index (κ1) is 11.4. The SMILES string of the molecule is CC1(C)Cn2c(nc3cc(C(F)(F)F)ccc32)O1. The summed E-state index contributed by atoms with van der Waals surface area (Å²) >= 11 is 0. The van der Waals surface area contributed by atoms with E-state index in [0.717, 1.165) is 12.1 Å². The molecule has 0 radical (unpaired) electrons. The number of halogens is 3. The number of fused-ring (bicyclic) bond motifs is 3. The fourth-order valence-electron chi connectivity index (χ4n) is 2.17. The Labute approximate surface area is 101 Å². The average molecular weight is 256 g/mol. The lowest BCUT2D eigenvalue weighted by Crippen LogP contribution is -2.26. The highest BCUT2D eigenvalue weighted by Crippen LogP contribution is 2.36. The van der Waals surface area contributed by atoms with E-state index in [-0.39, 0.29) is 5.60 Å². The number of rotatable bonds is 0. The van der Waals surface area contributed by atoms with Crippen molar-refractivity contribution >= 4 is 11.0 Å². The van der Waals surface area contributed by atoms with E-state index >= 15 is 0 Å². The average Bonchev–Trinajstić information content (AvgIpc) is 2.67. The molecule has 0 amide bonds. The van der Waals surface area contributed by atoms with E-state index in [1.807, 2.05) is 13.8 Å². The molecule has 0 saturated heterocycles. The Hall–Kier alpha value is -1.72. The molecule has 1 aromatic heterocycles. The van der Waals surface area contributed by atoms with Gasteiger partial charge in [-0.2, -0.15) is 18.2 Å². The molecular weight excluding hydrogens is 245 g/mol. The van der Waals surface area contributed by atoms with Crippen LogP contribution in [0.25, 0.3) is 11.0 Å². The van der Waals surface area contributed by atoms with Gasteiger partial charge < -0.3 is 4.74 Å².